The molecule has 0 aromatic carbocycles. The molecular weight excluding hydrogens is 215 g/mol. The van der Waals surface area contributed by atoms with Crippen LogP contribution in [-0.4, -0.2) is 36.1 Å². The standard InChI is InChI=1S/C8H10F3NO3/c9-8(10,11)6(13)7(14)15-12-4-2-1-3-5-12/h1-5H2. The molecule has 0 aliphatic carbocycles. The maximum Gasteiger partial charge on any atom is 0.462 e. The van der Waals surface area contributed by atoms with Crippen molar-refractivity contribution < 1.29 is 27.6 Å². The predicted molar refractivity (Wildman–Crippen MR) is 42.6 cm³/mol. The van der Waals surface area contributed by atoms with E-state index < -0.39 is 17.9 Å². The number of Topliss-reactive ketones (excluding diaryl/α,β-unsaturated/α-hetero) is 1. The predicted octanol–water partition coefficient (Wildman–Crippen LogP) is 1.06. The maximum atomic E-state index is 11.8. The Morgan fingerprint density at radius 1 is 1.07 bits per heavy atom. The van der Waals surface area contributed by atoms with Crippen molar-refractivity contribution in [3.63, 3.8) is 0 Å². The van der Waals surface area contributed by atoms with Crippen molar-refractivity contribution in [1.82, 2.24) is 5.06 Å². The number of carbonyl (C=O) groups is 2. The van der Waals surface area contributed by atoms with Crippen molar-refractivity contribution in [2.24, 2.45) is 0 Å². The van der Waals surface area contributed by atoms with Gasteiger partial charge in [0.2, 0.25) is 0 Å². The van der Waals surface area contributed by atoms with Gasteiger partial charge in [0.15, 0.2) is 0 Å². The van der Waals surface area contributed by atoms with Crippen LogP contribution in [0.2, 0.25) is 0 Å². The first-order chi connectivity index (χ1) is 6.91. The number of halogens is 3. The summed E-state index contributed by atoms with van der Waals surface area (Å²) in [4.78, 5) is 25.4. The quantitative estimate of drug-likeness (QED) is 0.659. The van der Waals surface area contributed by atoms with Crippen LogP contribution < -0.4 is 0 Å². The molecule has 0 aromatic rings. The third-order valence-electron chi connectivity index (χ3n) is 1.97. The van der Waals surface area contributed by atoms with E-state index in [1.165, 1.54) is 0 Å². The van der Waals surface area contributed by atoms with E-state index in [0.29, 0.717) is 13.1 Å². The highest BCUT2D eigenvalue weighted by Crippen LogP contribution is 2.17. The van der Waals surface area contributed by atoms with Gasteiger partial charge in [-0.1, -0.05) is 6.42 Å². The molecular formula is C8H10F3NO3. The van der Waals surface area contributed by atoms with E-state index in [0.717, 1.165) is 24.3 Å². The first-order valence-corrected chi connectivity index (χ1v) is 4.49. The number of hydrogen-bond donors (Lipinski definition) is 0. The zero-order valence-corrected chi connectivity index (χ0v) is 7.84. The monoisotopic (exact) mass is 225 g/mol. The fraction of sp³-hybridized carbons (Fsp3) is 0.750. The lowest BCUT2D eigenvalue weighted by Gasteiger charge is -2.24. The minimum absolute atomic E-state index is 0.372. The summed E-state index contributed by atoms with van der Waals surface area (Å²) in [5.41, 5.74) is 0. The van der Waals surface area contributed by atoms with Crippen LogP contribution in [0.5, 0.6) is 0 Å². The summed E-state index contributed by atoms with van der Waals surface area (Å²) in [6.45, 7) is 0.744. The summed E-state index contributed by atoms with van der Waals surface area (Å²) in [5, 5.41) is 1.09. The molecule has 0 amide bonds. The van der Waals surface area contributed by atoms with Gasteiger partial charge in [0.1, 0.15) is 0 Å². The van der Waals surface area contributed by atoms with Crippen LogP contribution in [0.1, 0.15) is 19.3 Å². The number of hydroxylamine groups is 2. The molecule has 1 aliphatic heterocycles. The Hall–Kier alpha value is -1.11. The van der Waals surface area contributed by atoms with Gasteiger partial charge in [-0.25, -0.2) is 4.79 Å². The van der Waals surface area contributed by atoms with Gasteiger partial charge in [-0.2, -0.15) is 13.2 Å². The second kappa shape index (κ2) is 4.61. The summed E-state index contributed by atoms with van der Waals surface area (Å²) >= 11 is 0. The van der Waals surface area contributed by atoms with Crippen molar-refractivity contribution in [2.45, 2.75) is 25.4 Å². The number of carbonyl (C=O) groups excluding carboxylic acids is 2. The molecule has 15 heavy (non-hydrogen) atoms. The molecule has 1 aliphatic rings. The van der Waals surface area contributed by atoms with Gasteiger partial charge in [-0.05, 0) is 12.8 Å². The molecule has 1 rings (SSSR count). The maximum absolute atomic E-state index is 11.8. The Balaban J connectivity index is 2.44. The summed E-state index contributed by atoms with van der Waals surface area (Å²) in [5.74, 6) is -4.32. The average Bonchev–Trinajstić information content (AvgIpc) is 2.16. The van der Waals surface area contributed by atoms with Crippen molar-refractivity contribution in [1.29, 1.82) is 0 Å². The summed E-state index contributed by atoms with van der Waals surface area (Å²) < 4.78 is 35.4. The highest BCUT2D eigenvalue weighted by Gasteiger charge is 2.45. The van der Waals surface area contributed by atoms with E-state index in [1.807, 2.05) is 0 Å². The average molecular weight is 225 g/mol. The Kier molecular flexibility index (Phi) is 3.67. The molecule has 0 unspecified atom stereocenters. The zero-order valence-electron chi connectivity index (χ0n) is 7.84. The molecule has 0 saturated carbocycles. The van der Waals surface area contributed by atoms with Gasteiger partial charge in [0, 0.05) is 13.1 Å². The molecule has 0 radical (unpaired) electrons. The van der Waals surface area contributed by atoms with Crippen LogP contribution in [0.4, 0.5) is 13.2 Å². The van der Waals surface area contributed by atoms with E-state index in [4.69, 9.17) is 0 Å². The first-order valence-electron chi connectivity index (χ1n) is 4.49. The minimum Gasteiger partial charge on any atom is -0.361 e. The fourth-order valence-electron chi connectivity index (χ4n) is 1.23. The molecule has 0 atom stereocenters. The highest BCUT2D eigenvalue weighted by atomic mass is 19.4. The van der Waals surface area contributed by atoms with E-state index in [2.05, 4.69) is 4.84 Å². The van der Waals surface area contributed by atoms with Gasteiger partial charge in [-0.3, -0.25) is 4.79 Å². The van der Waals surface area contributed by atoms with Crippen LogP contribution in [0.25, 0.3) is 0 Å². The van der Waals surface area contributed by atoms with Crippen LogP contribution >= 0.6 is 0 Å². The van der Waals surface area contributed by atoms with Crippen molar-refractivity contribution >= 4 is 11.8 Å². The van der Waals surface area contributed by atoms with Crippen molar-refractivity contribution in [3.05, 3.63) is 0 Å². The van der Waals surface area contributed by atoms with Crippen molar-refractivity contribution in [3.8, 4) is 0 Å². The lowest BCUT2D eigenvalue weighted by molar-refractivity contribution is -0.209. The molecule has 1 heterocycles. The lowest BCUT2D eigenvalue weighted by atomic mass is 10.2. The van der Waals surface area contributed by atoms with Gasteiger partial charge in [0.05, 0.1) is 0 Å². The van der Waals surface area contributed by atoms with Crippen LogP contribution in [0, 0.1) is 0 Å². The molecule has 7 heteroatoms. The van der Waals surface area contributed by atoms with Gasteiger partial charge < -0.3 is 4.84 Å². The Morgan fingerprint density at radius 3 is 2.07 bits per heavy atom. The summed E-state index contributed by atoms with van der Waals surface area (Å²) in [7, 11) is 0. The van der Waals surface area contributed by atoms with Crippen molar-refractivity contribution in [2.75, 3.05) is 13.1 Å². The lowest BCUT2D eigenvalue weighted by Crippen LogP contribution is -2.39. The minimum atomic E-state index is -5.16. The fourth-order valence-corrected chi connectivity index (χ4v) is 1.23. The molecule has 0 aromatic heterocycles. The summed E-state index contributed by atoms with van der Waals surface area (Å²) in [6, 6.07) is 0. The topological polar surface area (TPSA) is 46.6 Å². The Bertz CT molecular complexity index is 258. The molecule has 1 saturated heterocycles. The number of rotatable bonds is 2. The van der Waals surface area contributed by atoms with Crippen LogP contribution in [-0.2, 0) is 14.4 Å². The zero-order chi connectivity index (χ0) is 11.5. The second-order valence-electron chi connectivity index (χ2n) is 3.20. The van der Waals surface area contributed by atoms with Gasteiger partial charge in [0.25, 0.3) is 0 Å². The first kappa shape index (κ1) is 12.0. The Morgan fingerprint density at radius 2 is 1.60 bits per heavy atom. The van der Waals surface area contributed by atoms with E-state index in [1.54, 1.807) is 0 Å². The van der Waals surface area contributed by atoms with E-state index in [9.17, 15) is 22.8 Å². The number of nitrogens with zero attached hydrogens (tertiary/aromatic N) is 1. The van der Waals surface area contributed by atoms with Crippen LogP contribution in [0.3, 0.4) is 0 Å². The smallest absolute Gasteiger partial charge is 0.361 e. The Labute approximate surface area is 83.9 Å². The number of alkyl halides is 3. The largest absolute Gasteiger partial charge is 0.462 e. The molecule has 86 valence electrons. The molecule has 0 bridgehead atoms. The van der Waals surface area contributed by atoms with E-state index >= 15 is 0 Å². The second-order valence-corrected chi connectivity index (χ2v) is 3.20. The van der Waals surface area contributed by atoms with Gasteiger partial charge in [-0.15, -0.1) is 5.06 Å². The summed E-state index contributed by atoms with van der Waals surface area (Å²) in [6.07, 6.45) is -2.73. The van der Waals surface area contributed by atoms with E-state index in [-0.39, 0.29) is 0 Å². The SMILES string of the molecule is O=C(ON1CCCCC1)C(=O)C(F)(F)F. The number of ketones is 1. The molecule has 4 nitrogen and oxygen atoms in total. The number of piperidine rings is 1. The highest BCUT2D eigenvalue weighted by molar-refractivity contribution is 6.35. The van der Waals surface area contributed by atoms with Crippen LogP contribution in [0.15, 0.2) is 0 Å². The third kappa shape index (κ3) is 3.50. The molecule has 1 fully saturated rings. The number of hydrogen-bond acceptors (Lipinski definition) is 4. The normalized spacial score (nSPS) is 18.6. The third-order valence-corrected chi connectivity index (χ3v) is 1.97. The van der Waals surface area contributed by atoms with Gasteiger partial charge >= 0.3 is 17.9 Å². The molecule has 0 N–H and O–H groups in total. The molecule has 0 spiro atoms.